The Morgan fingerprint density at radius 1 is 0.923 bits per heavy atom. The maximum absolute atomic E-state index is 2.42. The Morgan fingerprint density at radius 2 is 1.38 bits per heavy atom. The Labute approximate surface area is 80.0 Å². The van der Waals surface area contributed by atoms with Crippen LogP contribution in [0.15, 0.2) is 24.3 Å². The summed E-state index contributed by atoms with van der Waals surface area (Å²) >= 11 is 0. The summed E-state index contributed by atoms with van der Waals surface area (Å²) in [6, 6.07) is 9.05. The first kappa shape index (κ1) is 7.61. The van der Waals surface area contributed by atoms with Gasteiger partial charge in [0.15, 0.2) is 0 Å². The van der Waals surface area contributed by atoms with Crippen LogP contribution in [0.3, 0.4) is 0 Å². The van der Waals surface area contributed by atoms with Crippen LogP contribution in [0.5, 0.6) is 0 Å². The van der Waals surface area contributed by atoms with Gasteiger partial charge in [-0.3, -0.25) is 0 Å². The summed E-state index contributed by atoms with van der Waals surface area (Å²) < 4.78 is 0. The van der Waals surface area contributed by atoms with Crippen LogP contribution >= 0.6 is 0 Å². The van der Waals surface area contributed by atoms with Gasteiger partial charge in [0.1, 0.15) is 0 Å². The average molecular weight is 172 g/mol. The third-order valence-electron chi connectivity index (χ3n) is 4.40. The zero-order valence-corrected chi connectivity index (χ0v) is 8.33. The van der Waals surface area contributed by atoms with Crippen LogP contribution in [0, 0.1) is 11.8 Å². The third-order valence-corrected chi connectivity index (χ3v) is 4.40. The fourth-order valence-corrected chi connectivity index (χ4v) is 3.44. The topological polar surface area (TPSA) is 0 Å². The smallest absolute Gasteiger partial charge is 0.0125 e. The molecule has 13 heavy (non-hydrogen) atoms. The van der Waals surface area contributed by atoms with Gasteiger partial charge in [-0.15, -0.1) is 0 Å². The summed E-state index contributed by atoms with van der Waals surface area (Å²) in [5.74, 6) is 3.55. The lowest BCUT2D eigenvalue weighted by Gasteiger charge is -2.27. The van der Waals surface area contributed by atoms with Crippen molar-refractivity contribution in [2.24, 2.45) is 11.8 Å². The molecular formula is C13H16. The van der Waals surface area contributed by atoms with Gasteiger partial charge in [-0.25, -0.2) is 0 Å². The van der Waals surface area contributed by atoms with E-state index in [1.54, 1.807) is 11.1 Å². The summed E-state index contributed by atoms with van der Waals surface area (Å²) in [4.78, 5) is 0. The summed E-state index contributed by atoms with van der Waals surface area (Å²) in [6.07, 6.45) is 1.42. The van der Waals surface area contributed by atoms with E-state index >= 15 is 0 Å². The predicted molar refractivity (Wildman–Crippen MR) is 54.9 cm³/mol. The van der Waals surface area contributed by atoms with Crippen LogP contribution in [0.25, 0.3) is 0 Å². The van der Waals surface area contributed by atoms with Gasteiger partial charge in [-0.1, -0.05) is 38.1 Å². The molecule has 2 aliphatic rings. The molecule has 4 atom stereocenters. The van der Waals surface area contributed by atoms with Crippen molar-refractivity contribution >= 4 is 0 Å². The highest BCUT2D eigenvalue weighted by Gasteiger charge is 2.46. The molecule has 68 valence electrons. The van der Waals surface area contributed by atoms with Gasteiger partial charge in [0, 0.05) is 0 Å². The Balaban J connectivity index is 2.16. The van der Waals surface area contributed by atoms with Gasteiger partial charge in [0.2, 0.25) is 0 Å². The average Bonchev–Trinajstić information content (AvgIpc) is 2.66. The largest absolute Gasteiger partial charge is 0.0620 e. The second-order valence-electron chi connectivity index (χ2n) is 4.80. The minimum absolute atomic E-state index is 0.871. The predicted octanol–water partition coefficient (Wildman–Crippen LogP) is 3.54. The SMILES string of the molecule is C[C@@H]1[C@@H](C)[C@@H]2C[C@@H]1c1ccccc12. The molecular weight excluding hydrogens is 156 g/mol. The molecule has 0 aliphatic heterocycles. The molecule has 0 amide bonds. The minimum Gasteiger partial charge on any atom is -0.0620 e. The molecule has 0 spiro atoms. The summed E-state index contributed by atoms with van der Waals surface area (Å²) in [6.45, 7) is 4.84. The van der Waals surface area contributed by atoms with E-state index in [1.165, 1.54) is 6.42 Å². The Morgan fingerprint density at radius 3 is 1.85 bits per heavy atom. The summed E-state index contributed by atoms with van der Waals surface area (Å²) in [5, 5.41) is 0. The van der Waals surface area contributed by atoms with E-state index in [-0.39, 0.29) is 0 Å². The Hall–Kier alpha value is -0.780. The van der Waals surface area contributed by atoms with E-state index in [1.807, 2.05) is 0 Å². The summed E-state index contributed by atoms with van der Waals surface area (Å²) in [7, 11) is 0. The van der Waals surface area contributed by atoms with Crippen LogP contribution in [0.2, 0.25) is 0 Å². The van der Waals surface area contributed by atoms with Gasteiger partial charge >= 0.3 is 0 Å². The van der Waals surface area contributed by atoms with Gasteiger partial charge in [-0.05, 0) is 41.2 Å². The Bertz CT molecular complexity index is 307. The quantitative estimate of drug-likeness (QED) is 0.561. The lowest BCUT2D eigenvalue weighted by atomic mass is 9.78. The molecule has 2 bridgehead atoms. The molecule has 1 aromatic carbocycles. The van der Waals surface area contributed by atoms with E-state index in [2.05, 4.69) is 38.1 Å². The van der Waals surface area contributed by atoms with Gasteiger partial charge in [0.25, 0.3) is 0 Å². The van der Waals surface area contributed by atoms with Crippen LogP contribution in [0.4, 0.5) is 0 Å². The lowest BCUT2D eigenvalue weighted by molar-refractivity contribution is 0.381. The maximum atomic E-state index is 2.42. The van der Waals surface area contributed by atoms with Crippen LogP contribution < -0.4 is 0 Å². The van der Waals surface area contributed by atoms with Gasteiger partial charge in [-0.2, -0.15) is 0 Å². The molecule has 1 saturated carbocycles. The maximum Gasteiger partial charge on any atom is -0.0125 e. The highest BCUT2D eigenvalue weighted by molar-refractivity contribution is 5.42. The molecule has 0 heterocycles. The molecule has 0 heteroatoms. The first-order valence-corrected chi connectivity index (χ1v) is 5.38. The van der Waals surface area contributed by atoms with E-state index in [0.29, 0.717) is 0 Å². The minimum atomic E-state index is 0.871. The fraction of sp³-hybridized carbons (Fsp3) is 0.538. The van der Waals surface area contributed by atoms with Crippen LogP contribution in [-0.4, -0.2) is 0 Å². The van der Waals surface area contributed by atoms with Crippen molar-refractivity contribution < 1.29 is 0 Å². The molecule has 0 N–H and O–H groups in total. The molecule has 0 nitrogen and oxygen atoms in total. The van der Waals surface area contributed by atoms with Gasteiger partial charge < -0.3 is 0 Å². The van der Waals surface area contributed by atoms with Crippen molar-refractivity contribution in [1.82, 2.24) is 0 Å². The molecule has 3 rings (SSSR count). The van der Waals surface area contributed by atoms with E-state index in [9.17, 15) is 0 Å². The zero-order chi connectivity index (χ0) is 9.00. The standard InChI is InChI=1S/C13H16/c1-8-9(2)13-7-12(8)10-5-3-4-6-11(10)13/h3-6,8-9,12-13H,7H2,1-2H3/t8-,9-,12+,13+/m1/s1. The molecule has 2 aliphatic carbocycles. The number of benzene rings is 1. The van der Waals surface area contributed by atoms with Crippen molar-refractivity contribution in [2.45, 2.75) is 32.1 Å². The number of hydrogen-bond acceptors (Lipinski definition) is 0. The normalized spacial score (nSPS) is 40.8. The molecule has 0 unspecified atom stereocenters. The molecule has 1 fully saturated rings. The molecule has 0 aromatic heterocycles. The lowest BCUT2D eigenvalue weighted by Crippen LogP contribution is -2.16. The first-order chi connectivity index (χ1) is 6.29. The number of hydrogen-bond donors (Lipinski definition) is 0. The van der Waals surface area contributed by atoms with E-state index in [0.717, 1.165) is 23.7 Å². The molecule has 1 aromatic rings. The number of fused-ring (bicyclic) bond motifs is 5. The highest BCUT2D eigenvalue weighted by atomic mass is 14.5. The molecule has 0 saturated heterocycles. The fourth-order valence-electron chi connectivity index (χ4n) is 3.44. The van der Waals surface area contributed by atoms with E-state index in [4.69, 9.17) is 0 Å². The second-order valence-corrected chi connectivity index (χ2v) is 4.80. The third kappa shape index (κ3) is 0.815. The van der Waals surface area contributed by atoms with Crippen molar-refractivity contribution in [1.29, 1.82) is 0 Å². The second kappa shape index (κ2) is 2.37. The summed E-state index contributed by atoms with van der Waals surface area (Å²) in [5.41, 5.74) is 3.30. The van der Waals surface area contributed by atoms with Crippen molar-refractivity contribution in [3.05, 3.63) is 35.4 Å². The zero-order valence-electron chi connectivity index (χ0n) is 8.33. The van der Waals surface area contributed by atoms with Crippen molar-refractivity contribution in [3.8, 4) is 0 Å². The first-order valence-electron chi connectivity index (χ1n) is 5.38. The van der Waals surface area contributed by atoms with Gasteiger partial charge in [0.05, 0.1) is 0 Å². The monoisotopic (exact) mass is 172 g/mol. The van der Waals surface area contributed by atoms with Crippen LogP contribution in [-0.2, 0) is 0 Å². The van der Waals surface area contributed by atoms with Crippen molar-refractivity contribution in [2.75, 3.05) is 0 Å². The van der Waals surface area contributed by atoms with Crippen molar-refractivity contribution in [3.63, 3.8) is 0 Å². The number of rotatable bonds is 0. The highest BCUT2D eigenvalue weighted by Crippen LogP contribution is 2.58. The molecule has 0 radical (unpaired) electrons. The Kier molecular flexibility index (Phi) is 1.39. The van der Waals surface area contributed by atoms with E-state index < -0.39 is 0 Å². The van der Waals surface area contributed by atoms with Crippen LogP contribution in [0.1, 0.15) is 43.2 Å².